The van der Waals surface area contributed by atoms with Crippen LogP contribution < -0.4 is 10.6 Å². The Hall–Kier alpha value is -1.61. The number of ether oxygens (including phenoxy) is 2. The molecule has 0 aliphatic rings. The van der Waals surface area contributed by atoms with Crippen molar-refractivity contribution in [2.75, 3.05) is 11.9 Å². The Balaban J connectivity index is 2.93. The molecule has 2 N–H and O–H groups in total. The highest BCUT2D eigenvalue weighted by Crippen LogP contribution is 2.37. The normalized spacial score (nSPS) is 11.7. The Morgan fingerprint density at radius 3 is 2.23 bits per heavy atom. The topological polar surface area (TPSA) is 93.7 Å². The van der Waals surface area contributed by atoms with Gasteiger partial charge in [0.05, 0.1) is 16.0 Å². The number of carbonyl (C=O) groups is 3. The maximum atomic E-state index is 12.4. The smallest absolute Gasteiger partial charge is 0.341 e. The van der Waals surface area contributed by atoms with Crippen LogP contribution in [0.4, 0.5) is 9.80 Å². The summed E-state index contributed by atoms with van der Waals surface area (Å²) in [5.41, 5.74) is -0.950. The number of carbonyl (C=O) groups excluding carboxylic acids is 3. The third kappa shape index (κ3) is 5.98. The molecule has 1 heterocycles. The molecule has 0 atom stereocenters. The number of halogens is 1. The molecule has 7 nitrogen and oxygen atoms in total. The third-order valence-electron chi connectivity index (χ3n) is 3.13. The number of anilines is 1. The van der Waals surface area contributed by atoms with Gasteiger partial charge >= 0.3 is 18.0 Å². The van der Waals surface area contributed by atoms with E-state index < -0.39 is 29.1 Å². The van der Waals surface area contributed by atoms with E-state index in [1.807, 2.05) is 0 Å². The van der Waals surface area contributed by atoms with Crippen molar-refractivity contribution >= 4 is 50.2 Å². The zero-order chi connectivity index (χ0) is 20.3. The first kappa shape index (κ1) is 22.4. The monoisotopic (exact) mass is 448 g/mol. The first-order valence-electron chi connectivity index (χ1n) is 8.07. The number of rotatable bonds is 5. The van der Waals surface area contributed by atoms with Crippen molar-refractivity contribution in [3.8, 4) is 0 Å². The summed E-state index contributed by atoms with van der Waals surface area (Å²) in [4.78, 5) is 36.8. The van der Waals surface area contributed by atoms with Gasteiger partial charge in [0.2, 0.25) is 0 Å². The molecule has 0 unspecified atom stereocenters. The molecule has 1 rings (SSSR count). The first-order valence-corrected chi connectivity index (χ1v) is 9.68. The maximum Gasteiger partial charge on any atom is 0.341 e. The lowest BCUT2D eigenvalue weighted by atomic mass is 10.1. The summed E-state index contributed by atoms with van der Waals surface area (Å²) in [5.74, 6) is -1.08. The number of hydrogen-bond donors (Lipinski definition) is 2. The van der Waals surface area contributed by atoms with Gasteiger partial charge < -0.3 is 14.8 Å². The van der Waals surface area contributed by atoms with Gasteiger partial charge in [0.25, 0.3) is 0 Å². The molecule has 0 radical (unpaired) electrons. The minimum atomic E-state index is -1.25. The summed E-state index contributed by atoms with van der Waals surface area (Å²) in [6.45, 7) is 12.0. The van der Waals surface area contributed by atoms with Gasteiger partial charge in [0, 0.05) is 0 Å². The van der Waals surface area contributed by atoms with E-state index in [-0.39, 0.29) is 12.2 Å². The molecule has 1 aromatic rings. The number of urea groups is 1. The number of amides is 2. The van der Waals surface area contributed by atoms with Gasteiger partial charge in [-0.3, -0.25) is 5.32 Å². The molecule has 1 aromatic heterocycles. The fourth-order valence-corrected chi connectivity index (χ4v) is 3.50. The fraction of sp³-hybridized carbons (Fsp3) is 0.588. The molecule has 2 amide bonds. The van der Waals surface area contributed by atoms with Crippen LogP contribution in [-0.4, -0.2) is 35.7 Å². The average Bonchev–Trinajstić information content (AvgIpc) is 2.71. The minimum Gasteiger partial charge on any atom is -0.462 e. The van der Waals surface area contributed by atoms with Crippen molar-refractivity contribution < 1.29 is 23.9 Å². The highest BCUT2D eigenvalue weighted by atomic mass is 79.9. The summed E-state index contributed by atoms with van der Waals surface area (Å²) in [7, 11) is 0. The van der Waals surface area contributed by atoms with E-state index in [0.29, 0.717) is 14.4 Å². The summed E-state index contributed by atoms with van der Waals surface area (Å²) < 4.78 is 11.1. The molecule has 0 aliphatic carbocycles. The van der Waals surface area contributed by atoms with Gasteiger partial charge in [-0.25, -0.2) is 14.4 Å². The second-order valence-electron chi connectivity index (χ2n) is 7.13. The largest absolute Gasteiger partial charge is 0.462 e. The lowest BCUT2D eigenvalue weighted by Gasteiger charge is -2.29. The van der Waals surface area contributed by atoms with Crippen molar-refractivity contribution in [3.63, 3.8) is 0 Å². The highest BCUT2D eigenvalue weighted by Gasteiger charge is 2.34. The lowest BCUT2D eigenvalue weighted by Crippen LogP contribution is -2.53. The summed E-state index contributed by atoms with van der Waals surface area (Å²) in [6, 6.07) is -0.625. The Labute approximate surface area is 165 Å². The SMILES string of the molecule is CCOC(=O)c1c(NC(=O)NC(C)(C)C(=O)OC(C)(C)C)sc(Br)c1C. The van der Waals surface area contributed by atoms with E-state index in [9.17, 15) is 14.4 Å². The Kier molecular flexibility index (Phi) is 7.24. The van der Waals surface area contributed by atoms with Crippen LogP contribution in [0.2, 0.25) is 0 Å². The Morgan fingerprint density at radius 2 is 1.73 bits per heavy atom. The van der Waals surface area contributed by atoms with Crippen molar-refractivity contribution in [3.05, 3.63) is 14.9 Å². The number of hydrogen-bond acceptors (Lipinski definition) is 6. The molecule has 0 bridgehead atoms. The summed E-state index contributed by atoms with van der Waals surface area (Å²) in [5, 5.41) is 5.52. The van der Waals surface area contributed by atoms with E-state index in [1.165, 1.54) is 11.3 Å². The lowest BCUT2D eigenvalue weighted by molar-refractivity contribution is -0.161. The third-order valence-corrected chi connectivity index (χ3v) is 5.21. The predicted octanol–water partition coefficient (Wildman–Crippen LogP) is 4.24. The van der Waals surface area contributed by atoms with Crippen LogP contribution in [0.15, 0.2) is 3.79 Å². The molecular weight excluding hydrogens is 424 g/mol. The van der Waals surface area contributed by atoms with Crippen LogP contribution in [0.25, 0.3) is 0 Å². The maximum absolute atomic E-state index is 12.4. The van der Waals surface area contributed by atoms with Crippen LogP contribution >= 0.6 is 27.3 Å². The van der Waals surface area contributed by atoms with Crippen LogP contribution in [0.1, 0.15) is 57.5 Å². The van der Waals surface area contributed by atoms with E-state index in [1.54, 1.807) is 48.5 Å². The molecule has 0 spiro atoms. The van der Waals surface area contributed by atoms with Gasteiger partial charge in [-0.1, -0.05) is 0 Å². The molecule has 9 heteroatoms. The summed E-state index contributed by atoms with van der Waals surface area (Å²) in [6.07, 6.45) is 0. The van der Waals surface area contributed by atoms with Crippen molar-refractivity contribution in [1.82, 2.24) is 5.32 Å². The second kappa shape index (κ2) is 8.39. The van der Waals surface area contributed by atoms with Crippen molar-refractivity contribution in [2.24, 2.45) is 0 Å². The Bertz CT molecular complexity index is 707. The molecule has 0 aliphatic heterocycles. The molecule has 0 fully saturated rings. The standard InChI is InChI=1S/C17H25BrN2O5S/c1-8-24-13(21)10-9(2)11(18)26-12(10)19-15(23)20-17(6,7)14(22)25-16(3,4)5/h8H2,1-7H3,(H2,19,20,23). The Morgan fingerprint density at radius 1 is 1.15 bits per heavy atom. The zero-order valence-corrected chi connectivity index (χ0v) is 18.4. The van der Waals surface area contributed by atoms with Gasteiger partial charge in [-0.15, -0.1) is 11.3 Å². The minimum absolute atomic E-state index is 0.225. The van der Waals surface area contributed by atoms with Crippen LogP contribution in [0.3, 0.4) is 0 Å². The molecule has 26 heavy (non-hydrogen) atoms. The zero-order valence-electron chi connectivity index (χ0n) is 16.0. The quantitative estimate of drug-likeness (QED) is 0.656. The molecule has 0 saturated carbocycles. The second-order valence-corrected chi connectivity index (χ2v) is 9.47. The van der Waals surface area contributed by atoms with Gasteiger partial charge in [0.15, 0.2) is 0 Å². The number of thiophene rings is 1. The van der Waals surface area contributed by atoms with Gasteiger partial charge in [-0.2, -0.15) is 0 Å². The van der Waals surface area contributed by atoms with E-state index in [0.717, 1.165) is 0 Å². The van der Waals surface area contributed by atoms with Gasteiger partial charge in [-0.05, 0) is 70.0 Å². The van der Waals surface area contributed by atoms with E-state index in [4.69, 9.17) is 9.47 Å². The summed E-state index contributed by atoms with van der Waals surface area (Å²) >= 11 is 4.55. The predicted molar refractivity (Wildman–Crippen MR) is 105 cm³/mol. The van der Waals surface area contributed by atoms with Crippen molar-refractivity contribution in [2.45, 2.75) is 59.6 Å². The number of esters is 2. The molecule has 146 valence electrons. The van der Waals surface area contributed by atoms with Gasteiger partial charge in [0.1, 0.15) is 16.1 Å². The highest BCUT2D eigenvalue weighted by molar-refractivity contribution is 9.11. The van der Waals surface area contributed by atoms with E-state index >= 15 is 0 Å². The van der Waals surface area contributed by atoms with E-state index in [2.05, 4.69) is 26.6 Å². The number of nitrogens with one attached hydrogen (secondary N) is 2. The molecule has 0 saturated heterocycles. The van der Waals surface area contributed by atoms with Crippen LogP contribution in [0.5, 0.6) is 0 Å². The van der Waals surface area contributed by atoms with Crippen LogP contribution in [0, 0.1) is 6.92 Å². The fourth-order valence-electron chi connectivity index (χ4n) is 1.90. The molecular formula is C17H25BrN2O5S. The van der Waals surface area contributed by atoms with Crippen LogP contribution in [-0.2, 0) is 14.3 Å². The molecule has 0 aromatic carbocycles. The van der Waals surface area contributed by atoms with Crippen molar-refractivity contribution in [1.29, 1.82) is 0 Å². The first-order chi connectivity index (χ1) is 11.8. The average molecular weight is 449 g/mol.